The molecular formula is C60H42N8Na2O10S2. The molecule has 82 heavy (non-hydrogen) atoms. The van der Waals surface area contributed by atoms with E-state index in [4.69, 9.17) is 18.9 Å². The first-order chi connectivity index (χ1) is 38.8. The molecule has 0 aliphatic rings. The molecule has 4 N–H and O–H groups in total. The summed E-state index contributed by atoms with van der Waals surface area (Å²) < 4.78 is 98.3. The fourth-order valence-corrected chi connectivity index (χ4v) is 10.3. The zero-order chi connectivity index (χ0) is 54.8. The summed E-state index contributed by atoms with van der Waals surface area (Å²) in [6.45, 7) is 0. The zero-order valence-electron chi connectivity index (χ0n) is 41.4. The molecule has 0 radical (unpaired) electrons. The van der Waals surface area contributed by atoms with Gasteiger partial charge in [0.2, 0.25) is 11.9 Å². The summed E-state index contributed by atoms with van der Waals surface area (Å²) in [6.07, 6.45) is 2.53. The molecule has 396 valence electrons. The molecule has 2 heterocycles. The first-order valence-electron chi connectivity index (χ1n) is 24.4. The van der Waals surface area contributed by atoms with Gasteiger partial charge in [0.1, 0.15) is 32.8 Å². The Hall–Kier alpha value is -8.38. The second kappa shape index (κ2) is 24.4. The van der Waals surface area contributed by atoms with Crippen LogP contribution in [0.3, 0.4) is 0 Å². The van der Waals surface area contributed by atoms with Gasteiger partial charge in [-0.05, 0) is 81.2 Å². The van der Waals surface area contributed by atoms with E-state index in [1.807, 2.05) is 146 Å². The Balaban J connectivity index is 0.00000376. The van der Waals surface area contributed by atoms with E-state index >= 15 is 0 Å². The monoisotopic (exact) mass is 1140 g/mol. The average molecular weight is 1150 g/mol. The van der Waals surface area contributed by atoms with Gasteiger partial charge in [0, 0.05) is 32.9 Å². The third-order valence-electron chi connectivity index (χ3n) is 12.5. The second-order valence-corrected chi connectivity index (χ2v) is 20.6. The average Bonchev–Trinajstić information content (AvgIpc) is 3.48. The maximum absolute atomic E-state index is 13.0. The van der Waals surface area contributed by atoms with Crippen LogP contribution in [0.25, 0.3) is 55.2 Å². The minimum atomic E-state index is -4.95. The standard InChI is InChI=1S/C60H40N8O10S2.2Na.2H/c69-79(70,71)53-35-43(61-55-63-57(75-49-25-9-17-37-13-1-5-21-45(37)49)67-58(64-55)76-50-26-10-18-38-14-2-6-22-46(38)50)33-31-41(53)29-30-42-32-34-44(36-54(42)80(72,73)74)62-56-65-59(77-51-27-11-19-39-15-3-7-23-47(39)51)68-60(66-56)78-52-28-12-20-40-16-4-8-24-48(40)52;;;;/h1-36H,(H,69,70,71)(H,72,73,74)(H,61,63,64,67)(H,62,65,66,68);;;;. The number of ether oxygens (including phenoxy) is 4. The SMILES string of the molecule is O=S(=O)(O)c1cc(Nc2nc(Oc3cccc4ccccc34)nc(Oc3cccc4ccccc34)n2)ccc1C=Cc1ccc(Nc2nc(Oc3cccc4ccccc34)nc(Oc3cccc4ccccc34)n2)cc1S(=O)(=O)O.[NaH].[NaH]. The normalized spacial score (nSPS) is 11.5. The summed E-state index contributed by atoms with van der Waals surface area (Å²) in [5.41, 5.74) is 0.105. The third kappa shape index (κ3) is 12.9. The molecule has 0 bridgehead atoms. The zero-order valence-corrected chi connectivity index (χ0v) is 43.1. The van der Waals surface area contributed by atoms with Gasteiger partial charge in [-0.3, -0.25) is 9.11 Å². The van der Waals surface area contributed by atoms with Crippen molar-refractivity contribution >= 4 is 158 Å². The van der Waals surface area contributed by atoms with Crippen molar-refractivity contribution in [1.29, 1.82) is 0 Å². The molecule has 2 aromatic heterocycles. The molecule has 0 fully saturated rings. The van der Waals surface area contributed by atoms with Crippen molar-refractivity contribution in [2.45, 2.75) is 9.79 Å². The van der Waals surface area contributed by atoms with Crippen molar-refractivity contribution in [3.8, 4) is 47.0 Å². The molecular weight excluding hydrogens is 1100 g/mol. The molecule has 0 saturated carbocycles. The summed E-state index contributed by atoms with van der Waals surface area (Å²) in [5.74, 6) is 1.56. The topological polar surface area (TPSA) is 247 Å². The van der Waals surface area contributed by atoms with Gasteiger partial charge in [-0.1, -0.05) is 170 Å². The van der Waals surface area contributed by atoms with Gasteiger partial charge in [-0.25, -0.2) is 0 Å². The Morgan fingerprint density at radius 1 is 0.341 bits per heavy atom. The van der Waals surface area contributed by atoms with Crippen molar-refractivity contribution < 1.29 is 44.9 Å². The summed E-state index contributed by atoms with van der Waals surface area (Å²) in [6, 6.07) is 59.8. The Kier molecular flexibility index (Phi) is 16.9. The van der Waals surface area contributed by atoms with Crippen LogP contribution < -0.4 is 29.6 Å². The molecule has 22 heteroatoms. The van der Waals surface area contributed by atoms with Crippen LogP contribution in [0.5, 0.6) is 47.0 Å². The summed E-state index contributed by atoms with van der Waals surface area (Å²) >= 11 is 0. The minimum absolute atomic E-state index is 0. The van der Waals surface area contributed by atoms with E-state index in [0.717, 1.165) is 55.2 Å². The summed E-state index contributed by atoms with van der Waals surface area (Å²) in [7, 11) is -9.90. The van der Waals surface area contributed by atoms with Gasteiger partial charge in [0.05, 0.1) is 0 Å². The van der Waals surface area contributed by atoms with E-state index in [2.05, 4.69) is 40.5 Å². The van der Waals surface area contributed by atoms with Gasteiger partial charge in [0.25, 0.3) is 20.2 Å². The van der Waals surface area contributed by atoms with Crippen LogP contribution in [0.15, 0.2) is 216 Å². The predicted molar refractivity (Wildman–Crippen MR) is 318 cm³/mol. The van der Waals surface area contributed by atoms with Crippen LogP contribution in [-0.2, 0) is 20.2 Å². The number of anilines is 4. The fourth-order valence-electron chi connectivity index (χ4n) is 8.89. The number of nitrogens with zero attached hydrogens (tertiary/aromatic N) is 6. The molecule has 0 atom stereocenters. The van der Waals surface area contributed by atoms with Crippen LogP contribution in [0, 0.1) is 0 Å². The first-order valence-corrected chi connectivity index (χ1v) is 27.3. The van der Waals surface area contributed by atoms with E-state index in [1.165, 1.54) is 36.4 Å². The number of fused-ring (bicyclic) bond motifs is 4. The summed E-state index contributed by atoms with van der Waals surface area (Å²) in [5, 5.41) is 12.7. The molecule has 10 aromatic carbocycles. The number of aromatic nitrogens is 6. The van der Waals surface area contributed by atoms with Gasteiger partial charge < -0.3 is 29.6 Å². The molecule has 12 rings (SSSR count). The Bertz CT molecular complexity index is 4160. The van der Waals surface area contributed by atoms with Gasteiger partial charge in [-0.15, -0.1) is 9.97 Å². The summed E-state index contributed by atoms with van der Waals surface area (Å²) in [4.78, 5) is 25.7. The van der Waals surface area contributed by atoms with E-state index in [0.29, 0.717) is 23.0 Å². The molecule has 0 spiro atoms. The van der Waals surface area contributed by atoms with Gasteiger partial charge >= 0.3 is 83.2 Å². The van der Waals surface area contributed by atoms with Crippen LogP contribution in [-0.4, -0.2) is 115 Å². The van der Waals surface area contributed by atoms with Gasteiger partial charge in [-0.2, -0.15) is 36.8 Å². The molecule has 0 aliphatic carbocycles. The molecule has 0 saturated heterocycles. The van der Waals surface area contributed by atoms with E-state index in [9.17, 15) is 25.9 Å². The number of nitrogens with one attached hydrogen (secondary N) is 2. The quantitative estimate of drug-likeness (QED) is 0.0399. The maximum atomic E-state index is 13.0. The van der Waals surface area contributed by atoms with Crippen LogP contribution >= 0.6 is 0 Å². The Morgan fingerprint density at radius 3 is 0.890 bits per heavy atom. The van der Waals surface area contributed by atoms with E-state index in [-0.39, 0.29) is 118 Å². The second-order valence-electron chi connectivity index (χ2n) is 17.8. The molecule has 18 nitrogen and oxygen atoms in total. The van der Waals surface area contributed by atoms with Crippen molar-refractivity contribution in [3.05, 3.63) is 217 Å². The third-order valence-corrected chi connectivity index (χ3v) is 14.3. The number of hydrogen-bond donors (Lipinski definition) is 4. The molecule has 0 unspecified atom stereocenters. The van der Waals surface area contributed by atoms with Crippen molar-refractivity contribution in [2.24, 2.45) is 0 Å². The van der Waals surface area contributed by atoms with E-state index in [1.54, 1.807) is 24.3 Å². The molecule has 0 aliphatic heterocycles. The molecule has 0 amide bonds. The Morgan fingerprint density at radius 2 is 0.610 bits per heavy atom. The predicted octanol–water partition coefficient (Wildman–Crippen LogP) is 12.7. The number of hydrogen-bond acceptors (Lipinski definition) is 16. The molecule has 12 aromatic rings. The van der Waals surface area contributed by atoms with Crippen LogP contribution in [0.2, 0.25) is 0 Å². The van der Waals surface area contributed by atoms with Gasteiger partial charge in [0.15, 0.2) is 0 Å². The van der Waals surface area contributed by atoms with Crippen LogP contribution in [0.4, 0.5) is 23.3 Å². The first kappa shape index (κ1) is 56.9. The number of rotatable bonds is 16. The number of benzene rings is 10. The van der Waals surface area contributed by atoms with Crippen molar-refractivity contribution in [2.75, 3.05) is 10.6 Å². The fraction of sp³-hybridized carbons (Fsp3) is 0. The van der Waals surface area contributed by atoms with Crippen molar-refractivity contribution in [1.82, 2.24) is 29.9 Å². The Labute approximate surface area is 513 Å². The van der Waals surface area contributed by atoms with Crippen LogP contribution in [0.1, 0.15) is 11.1 Å². The van der Waals surface area contributed by atoms with Crippen molar-refractivity contribution in [3.63, 3.8) is 0 Å². The van der Waals surface area contributed by atoms with E-state index < -0.39 is 30.0 Å².